The van der Waals surface area contributed by atoms with Crippen molar-refractivity contribution in [3.8, 4) is 22.5 Å². The standard InChI is InChI=1S/C37H41ClN8O15/c1-3-4-11-29-39-34(38)31(44(29)17-22-13-15-23(16-14-22)25-9-5-6-10-26(25)35-40-42-43-41-35)36(48)57-21(2)58-37(49)60-28-20-55-32-27(19-54-33(28)32)59-30(47)12-7-8-24(61-46(52)53)18-56-45(50)51/h5-6,9-10,13-16,21,24,27-28,32-33H,3-4,7-8,11-12,17-20H2,1-2H3,(H,40,41,42,43)/t21?,24-,27-,28+,32?,33?/m1/s1. The number of hydrogen-bond donors (Lipinski definition) is 1. The molecule has 2 saturated heterocycles. The van der Waals surface area contributed by atoms with Crippen LogP contribution in [0.15, 0.2) is 48.5 Å². The summed E-state index contributed by atoms with van der Waals surface area (Å²) in [6, 6.07) is 15.4. The first-order chi connectivity index (χ1) is 29.4. The van der Waals surface area contributed by atoms with Gasteiger partial charge in [0.1, 0.15) is 30.7 Å². The zero-order valence-corrected chi connectivity index (χ0v) is 33.5. The van der Waals surface area contributed by atoms with Crippen LogP contribution in [0.5, 0.6) is 0 Å². The van der Waals surface area contributed by atoms with E-state index in [4.69, 9.17) is 40.0 Å². The van der Waals surface area contributed by atoms with E-state index in [0.717, 1.165) is 35.1 Å². The molecule has 6 atom stereocenters. The highest BCUT2D eigenvalue weighted by molar-refractivity contribution is 6.32. The lowest BCUT2D eigenvalue weighted by Gasteiger charge is -2.19. The van der Waals surface area contributed by atoms with Gasteiger partial charge in [0.05, 0.1) is 13.2 Å². The fourth-order valence-electron chi connectivity index (χ4n) is 6.82. The van der Waals surface area contributed by atoms with Crippen LogP contribution in [-0.2, 0) is 55.9 Å². The summed E-state index contributed by atoms with van der Waals surface area (Å²) >= 11 is 6.54. The Balaban J connectivity index is 1.01. The number of nitrogens with one attached hydrogen (secondary N) is 1. The normalized spacial score (nSPS) is 19.0. The number of halogens is 1. The molecular weight excluding hydrogens is 832 g/mol. The molecule has 2 aliphatic heterocycles. The number of aryl methyl sites for hydroxylation is 1. The van der Waals surface area contributed by atoms with Crippen molar-refractivity contribution in [3.63, 3.8) is 0 Å². The van der Waals surface area contributed by atoms with Crippen molar-refractivity contribution in [2.24, 2.45) is 0 Å². The summed E-state index contributed by atoms with van der Waals surface area (Å²) in [5.74, 6) is -0.541. The third-order valence-electron chi connectivity index (χ3n) is 9.61. The Bertz CT molecular complexity index is 2160. The first-order valence-corrected chi connectivity index (χ1v) is 19.5. The van der Waals surface area contributed by atoms with Gasteiger partial charge < -0.3 is 42.7 Å². The van der Waals surface area contributed by atoms with Crippen LogP contribution in [0.4, 0.5) is 4.79 Å². The summed E-state index contributed by atoms with van der Waals surface area (Å²) < 4.78 is 34.7. The van der Waals surface area contributed by atoms with Gasteiger partial charge in [0.2, 0.25) is 12.1 Å². The maximum absolute atomic E-state index is 13.6. The predicted molar refractivity (Wildman–Crippen MR) is 204 cm³/mol. The highest BCUT2D eigenvalue weighted by Crippen LogP contribution is 2.32. The molecule has 2 aromatic carbocycles. The lowest BCUT2D eigenvalue weighted by atomic mass is 9.98. The summed E-state index contributed by atoms with van der Waals surface area (Å²) in [5, 5.41) is 33.2. The van der Waals surface area contributed by atoms with E-state index >= 15 is 0 Å². The molecule has 24 heteroatoms. The van der Waals surface area contributed by atoms with Crippen molar-refractivity contribution in [1.82, 2.24) is 30.2 Å². The Morgan fingerprint density at radius 3 is 2.33 bits per heavy atom. The second kappa shape index (κ2) is 20.7. The summed E-state index contributed by atoms with van der Waals surface area (Å²) in [4.78, 5) is 73.0. The fraction of sp³-hybridized carbons (Fsp3) is 0.486. The first-order valence-electron chi connectivity index (χ1n) is 19.2. The third-order valence-corrected chi connectivity index (χ3v) is 9.87. The minimum Gasteiger partial charge on any atom is -0.457 e. The third kappa shape index (κ3) is 11.6. The largest absolute Gasteiger partial charge is 0.511 e. The quantitative estimate of drug-likeness (QED) is 0.0397. The van der Waals surface area contributed by atoms with Gasteiger partial charge in [-0.3, -0.25) is 4.79 Å². The van der Waals surface area contributed by atoms with Gasteiger partial charge in [0, 0.05) is 31.9 Å². The van der Waals surface area contributed by atoms with E-state index in [1.165, 1.54) is 6.92 Å². The van der Waals surface area contributed by atoms with Crippen molar-refractivity contribution in [2.45, 2.75) is 95.7 Å². The average molecular weight is 873 g/mol. The summed E-state index contributed by atoms with van der Waals surface area (Å²) in [6.07, 6.45) is -5.38. The number of ether oxygens (including phenoxy) is 6. The van der Waals surface area contributed by atoms with Gasteiger partial charge in [-0.05, 0) is 41.2 Å². The molecule has 0 saturated carbocycles. The molecule has 6 rings (SSSR count). The van der Waals surface area contributed by atoms with Crippen molar-refractivity contribution >= 4 is 29.7 Å². The topological polar surface area (TPSA) is 284 Å². The SMILES string of the molecule is CCCCc1nc(Cl)c(C(=O)OC(C)OC(=O)O[C@H]2COC3C2OC[C@H]3OC(=O)CCC[C@H](CO[N+](=O)[O-])O[N+](=O)[O-])n1Cc1ccc(-c2ccccc2-c2nn[nH]n2)cc1. The van der Waals surface area contributed by atoms with Gasteiger partial charge >= 0.3 is 18.1 Å². The molecule has 23 nitrogen and oxygen atoms in total. The first kappa shape index (κ1) is 44.1. The molecule has 0 spiro atoms. The Labute approximate surface area is 351 Å². The number of carbonyl (C=O) groups is 3. The number of hydrogen-bond acceptors (Lipinski definition) is 19. The molecule has 0 amide bonds. The maximum atomic E-state index is 13.6. The Kier molecular flexibility index (Phi) is 15.0. The Morgan fingerprint density at radius 2 is 1.67 bits per heavy atom. The van der Waals surface area contributed by atoms with E-state index in [1.54, 1.807) is 4.57 Å². The molecule has 3 unspecified atom stereocenters. The van der Waals surface area contributed by atoms with Gasteiger partial charge in [-0.2, -0.15) is 5.21 Å². The zero-order valence-electron chi connectivity index (χ0n) is 32.8. The molecule has 4 aromatic rings. The van der Waals surface area contributed by atoms with Crippen LogP contribution in [0, 0.1) is 20.2 Å². The molecule has 0 bridgehead atoms. The molecule has 326 valence electrons. The average Bonchev–Trinajstić information content (AvgIpc) is 4.03. The van der Waals surface area contributed by atoms with Crippen LogP contribution < -0.4 is 0 Å². The minimum atomic E-state index is -1.42. The van der Waals surface area contributed by atoms with Gasteiger partial charge in [0.25, 0.3) is 10.2 Å². The van der Waals surface area contributed by atoms with E-state index in [0.29, 0.717) is 18.1 Å². The second-order valence-electron chi connectivity index (χ2n) is 13.8. The number of nitrogens with zero attached hydrogens (tertiary/aromatic N) is 7. The van der Waals surface area contributed by atoms with Crippen molar-refractivity contribution in [3.05, 3.63) is 91.0 Å². The number of benzene rings is 2. The van der Waals surface area contributed by atoms with E-state index in [-0.39, 0.29) is 49.9 Å². The van der Waals surface area contributed by atoms with E-state index in [1.807, 2.05) is 55.5 Å². The van der Waals surface area contributed by atoms with Crippen LogP contribution in [-0.4, -0.2) is 115 Å². The predicted octanol–water partition coefficient (Wildman–Crippen LogP) is 4.46. The van der Waals surface area contributed by atoms with Gasteiger partial charge in [-0.15, -0.1) is 30.4 Å². The Morgan fingerprint density at radius 1 is 0.967 bits per heavy atom. The summed E-state index contributed by atoms with van der Waals surface area (Å²) in [7, 11) is 0. The van der Waals surface area contributed by atoms with E-state index in [2.05, 4.69) is 35.3 Å². The fourth-order valence-corrected chi connectivity index (χ4v) is 7.09. The lowest BCUT2D eigenvalue weighted by molar-refractivity contribution is -0.790. The number of H-pyrrole nitrogens is 1. The lowest BCUT2D eigenvalue weighted by Crippen LogP contribution is -2.36. The number of tetrazole rings is 1. The van der Waals surface area contributed by atoms with Gasteiger partial charge in [-0.1, -0.05) is 73.5 Å². The number of esters is 2. The zero-order chi connectivity index (χ0) is 43.5. The van der Waals surface area contributed by atoms with Crippen LogP contribution >= 0.6 is 11.6 Å². The number of imidazole rings is 1. The minimum absolute atomic E-state index is 0.0244. The summed E-state index contributed by atoms with van der Waals surface area (Å²) in [6.45, 7) is 2.69. The second-order valence-corrected chi connectivity index (χ2v) is 14.2. The number of rotatable bonds is 21. The number of carbonyl (C=O) groups excluding carboxylic acids is 3. The molecule has 0 aliphatic carbocycles. The molecule has 2 fully saturated rings. The monoisotopic (exact) mass is 872 g/mol. The van der Waals surface area contributed by atoms with Crippen molar-refractivity contribution in [2.75, 3.05) is 19.8 Å². The molecule has 61 heavy (non-hydrogen) atoms. The van der Waals surface area contributed by atoms with Crippen LogP contribution in [0.1, 0.15) is 67.8 Å². The maximum Gasteiger partial charge on any atom is 0.511 e. The van der Waals surface area contributed by atoms with Crippen LogP contribution in [0.2, 0.25) is 5.15 Å². The molecule has 2 aliphatic rings. The van der Waals surface area contributed by atoms with Gasteiger partial charge in [-0.25, -0.2) is 14.6 Å². The van der Waals surface area contributed by atoms with Crippen molar-refractivity contribution in [1.29, 1.82) is 0 Å². The smallest absolute Gasteiger partial charge is 0.457 e. The number of aromatic nitrogens is 6. The summed E-state index contributed by atoms with van der Waals surface area (Å²) in [5.41, 5.74) is 3.43. The number of fused-ring (bicyclic) bond motifs is 1. The molecule has 2 aromatic heterocycles. The van der Waals surface area contributed by atoms with Crippen LogP contribution in [0.3, 0.4) is 0 Å². The van der Waals surface area contributed by atoms with Crippen LogP contribution in [0.25, 0.3) is 22.5 Å². The number of unbranched alkanes of at least 4 members (excludes halogenated alkanes) is 1. The molecule has 1 N–H and O–H groups in total. The van der Waals surface area contributed by atoms with Crippen molar-refractivity contribution < 1.29 is 62.7 Å². The van der Waals surface area contributed by atoms with E-state index in [9.17, 15) is 34.6 Å². The molecule has 0 radical (unpaired) electrons. The van der Waals surface area contributed by atoms with E-state index < -0.39 is 71.7 Å². The highest BCUT2D eigenvalue weighted by atomic mass is 35.5. The number of aromatic amines is 1. The molecule has 4 heterocycles. The Hall–Kier alpha value is -6.46. The van der Waals surface area contributed by atoms with Gasteiger partial charge in [0.15, 0.2) is 23.1 Å². The molecular formula is C37H41ClN8O15. The highest BCUT2D eigenvalue weighted by Gasteiger charge is 2.51.